The first-order chi connectivity index (χ1) is 13.1. The fraction of sp³-hybridized carbons (Fsp3) is 0.250. The Labute approximate surface area is 156 Å². The molecular weight excluding hydrogens is 352 g/mol. The van der Waals surface area contributed by atoms with Crippen molar-refractivity contribution < 1.29 is 28.1 Å². The Hall–Kier alpha value is -3.35. The fourth-order valence-corrected chi connectivity index (χ4v) is 2.85. The van der Waals surface area contributed by atoms with Crippen LogP contribution in [0.15, 0.2) is 39.5 Å². The van der Waals surface area contributed by atoms with E-state index in [0.29, 0.717) is 39.5 Å². The summed E-state index contributed by atoms with van der Waals surface area (Å²) < 4.78 is 32.7. The number of rotatable bonds is 6. The summed E-state index contributed by atoms with van der Waals surface area (Å²) in [5.74, 6) is 2.24. The Morgan fingerprint density at radius 3 is 2.00 bits per heavy atom. The van der Waals surface area contributed by atoms with Gasteiger partial charge in [0.25, 0.3) is 0 Å². The summed E-state index contributed by atoms with van der Waals surface area (Å²) in [6.45, 7) is 0. The van der Waals surface area contributed by atoms with Gasteiger partial charge in [-0.15, -0.1) is 0 Å². The van der Waals surface area contributed by atoms with Gasteiger partial charge in [-0.3, -0.25) is 4.79 Å². The Balaban J connectivity index is 2.36. The molecule has 0 unspecified atom stereocenters. The van der Waals surface area contributed by atoms with Crippen LogP contribution in [0.1, 0.15) is 0 Å². The maximum Gasteiger partial charge on any atom is 0.235 e. The summed E-state index contributed by atoms with van der Waals surface area (Å²) >= 11 is 0. The van der Waals surface area contributed by atoms with Crippen LogP contribution < -0.4 is 29.1 Å². The summed E-state index contributed by atoms with van der Waals surface area (Å²) in [7, 11) is 7.51. The van der Waals surface area contributed by atoms with Crippen molar-refractivity contribution in [2.45, 2.75) is 0 Å². The molecule has 0 amide bonds. The molecule has 1 heterocycles. The number of benzene rings is 2. The van der Waals surface area contributed by atoms with E-state index in [1.807, 2.05) is 0 Å². The minimum Gasteiger partial charge on any atom is -0.497 e. The van der Waals surface area contributed by atoms with Gasteiger partial charge in [0, 0.05) is 6.07 Å². The van der Waals surface area contributed by atoms with Crippen LogP contribution >= 0.6 is 0 Å². The molecule has 3 rings (SSSR count). The molecule has 0 bridgehead atoms. The lowest BCUT2D eigenvalue weighted by molar-refractivity contribution is 0.348. The number of hydrogen-bond donors (Lipinski definition) is 0. The quantitative estimate of drug-likeness (QED) is 0.655. The van der Waals surface area contributed by atoms with Crippen molar-refractivity contribution in [2.75, 3.05) is 35.5 Å². The summed E-state index contributed by atoms with van der Waals surface area (Å²) in [5.41, 5.74) is 0.583. The first kappa shape index (κ1) is 18.4. The zero-order valence-electron chi connectivity index (χ0n) is 15.7. The minimum absolute atomic E-state index is 0.0567. The highest BCUT2D eigenvalue weighted by atomic mass is 16.5. The molecule has 0 atom stereocenters. The molecule has 7 nitrogen and oxygen atoms in total. The van der Waals surface area contributed by atoms with Crippen molar-refractivity contribution in [3.05, 3.63) is 40.6 Å². The van der Waals surface area contributed by atoms with E-state index in [9.17, 15) is 4.79 Å². The van der Waals surface area contributed by atoms with Gasteiger partial charge in [0.15, 0.2) is 17.3 Å². The number of hydrogen-bond acceptors (Lipinski definition) is 7. The number of fused-ring (bicyclic) bond motifs is 1. The molecule has 0 fully saturated rings. The fourth-order valence-electron chi connectivity index (χ4n) is 2.85. The molecule has 0 aliphatic heterocycles. The maximum atomic E-state index is 13.0. The first-order valence-corrected chi connectivity index (χ1v) is 8.07. The largest absolute Gasteiger partial charge is 0.497 e. The van der Waals surface area contributed by atoms with Crippen LogP contribution in [-0.4, -0.2) is 35.5 Å². The van der Waals surface area contributed by atoms with Crippen LogP contribution in [0.3, 0.4) is 0 Å². The lowest BCUT2D eigenvalue weighted by Crippen LogP contribution is -2.08. The molecule has 1 aromatic heterocycles. The Morgan fingerprint density at radius 2 is 1.41 bits per heavy atom. The lowest BCUT2D eigenvalue weighted by atomic mass is 10.1. The third kappa shape index (κ3) is 3.12. The van der Waals surface area contributed by atoms with E-state index >= 15 is 0 Å². The average Bonchev–Trinajstić information content (AvgIpc) is 2.72. The third-order valence-corrected chi connectivity index (χ3v) is 4.21. The molecule has 0 saturated heterocycles. The van der Waals surface area contributed by atoms with Crippen LogP contribution in [0.5, 0.6) is 28.7 Å². The summed E-state index contributed by atoms with van der Waals surface area (Å²) in [6, 6.07) is 8.33. The van der Waals surface area contributed by atoms with E-state index in [0.717, 1.165) is 0 Å². The van der Waals surface area contributed by atoms with Crippen LogP contribution in [0.25, 0.3) is 22.3 Å². The molecule has 7 heteroatoms. The third-order valence-electron chi connectivity index (χ3n) is 4.21. The van der Waals surface area contributed by atoms with Gasteiger partial charge in [0.2, 0.25) is 11.2 Å². The second-order valence-electron chi connectivity index (χ2n) is 5.56. The average molecular weight is 372 g/mol. The molecule has 2 aromatic carbocycles. The lowest BCUT2D eigenvalue weighted by Gasteiger charge is -2.15. The maximum absolute atomic E-state index is 13.0. The highest BCUT2D eigenvalue weighted by molar-refractivity contribution is 5.85. The van der Waals surface area contributed by atoms with Gasteiger partial charge in [0.1, 0.15) is 17.1 Å². The van der Waals surface area contributed by atoms with Crippen molar-refractivity contribution in [2.24, 2.45) is 0 Å². The molecule has 0 saturated carbocycles. The SMILES string of the molecule is COc1ccc2oc(-c3cc(OC)c(OC)cc3OC)c(OC)c(=O)c2c1. The zero-order chi connectivity index (χ0) is 19.6. The number of ether oxygens (including phenoxy) is 5. The molecule has 0 spiro atoms. The van der Waals surface area contributed by atoms with E-state index < -0.39 is 0 Å². The van der Waals surface area contributed by atoms with Crippen molar-refractivity contribution >= 4 is 11.0 Å². The molecule has 0 aliphatic carbocycles. The van der Waals surface area contributed by atoms with Crippen LogP contribution in [0.2, 0.25) is 0 Å². The van der Waals surface area contributed by atoms with Gasteiger partial charge >= 0.3 is 0 Å². The second kappa shape index (κ2) is 7.49. The minimum atomic E-state index is -0.315. The Kier molecular flexibility index (Phi) is 5.12. The summed E-state index contributed by atoms with van der Waals surface area (Å²) in [4.78, 5) is 13.0. The van der Waals surface area contributed by atoms with Crippen molar-refractivity contribution in [3.63, 3.8) is 0 Å². The van der Waals surface area contributed by atoms with Gasteiger partial charge in [-0.2, -0.15) is 0 Å². The van der Waals surface area contributed by atoms with E-state index in [4.69, 9.17) is 28.1 Å². The number of methoxy groups -OCH3 is 5. The molecular formula is C20H20O7. The molecule has 0 aliphatic rings. The van der Waals surface area contributed by atoms with E-state index in [2.05, 4.69) is 0 Å². The Morgan fingerprint density at radius 1 is 0.741 bits per heavy atom. The standard InChI is InChI=1S/C20H20O7/c1-22-11-6-7-14-12(8-11)18(21)20(26-5)19(27-14)13-9-16(24-3)17(25-4)10-15(13)23-2/h6-10H,1-5H3. The molecule has 0 N–H and O–H groups in total. The molecule has 27 heavy (non-hydrogen) atoms. The van der Waals surface area contributed by atoms with Crippen molar-refractivity contribution in [3.8, 4) is 40.1 Å². The first-order valence-electron chi connectivity index (χ1n) is 8.07. The predicted molar refractivity (Wildman–Crippen MR) is 101 cm³/mol. The smallest absolute Gasteiger partial charge is 0.235 e. The predicted octanol–water partition coefficient (Wildman–Crippen LogP) is 3.50. The van der Waals surface area contributed by atoms with Crippen LogP contribution in [-0.2, 0) is 0 Å². The highest BCUT2D eigenvalue weighted by Crippen LogP contribution is 2.43. The topological polar surface area (TPSA) is 76.4 Å². The highest BCUT2D eigenvalue weighted by Gasteiger charge is 2.22. The van der Waals surface area contributed by atoms with Crippen molar-refractivity contribution in [1.29, 1.82) is 0 Å². The summed E-state index contributed by atoms with van der Waals surface area (Å²) in [5, 5.41) is 0.356. The van der Waals surface area contributed by atoms with Gasteiger partial charge in [-0.05, 0) is 24.3 Å². The van der Waals surface area contributed by atoms with Crippen LogP contribution in [0.4, 0.5) is 0 Å². The van der Waals surface area contributed by atoms with Gasteiger partial charge in [-0.25, -0.2) is 0 Å². The molecule has 142 valence electrons. The van der Waals surface area contributed by atoms with Crippen molar-refractivity contribution in [1.82, 2.24) is 0 Å². The van der Waals surface area contributed by atoms with E-state index in [1.165, 1.54) is 35.5 Å². The molecule has 3 aromatic rings. The van der Waals surface area contributed by atoms with Gasteiger partial charge in [-0.1, -0.05) is 0 Å². The van der Waals surface area contributed by atoms with E-state index in [-0.39, 0.29) is 16.9 Å². The second-order valence-corrected chi connectivity index (χ2v) is 5.56. The van der Waals surface area contributed by atoms with Gasteiger partial charge in [0.05, 0.1) is 46.5 Å². The molecule has 0 radical (unpaired) electrons. The Bertz CT molecular complexity index is 1040. The van der Waals surface area contributed by atoms with E-state index in [1.54, 1.807) is 30.3 Å². The monoisotopic (exact) mass is 372 g/mol. The normalized spacial score (nSPS) is 10.6. The summed E-state index contributed by atoms with van der Waals surface area (Å²) in [6.07, 6.45) is 0. The van der Waals surface area contributed by atoms with Crippen LogP contribution in [0, 0.1) is 0 Å². The zero-order valence-corrected chi connectivity index (χ0v) is 15.7. The van der Waals surface area contributed by atoms with Gasteiger partial charge < -0.3 is 28.1 Å².